The second kappa shape index (κ2) is 9.18. The number of nitro benzene ring substituents is 1. The molecule has 0 saturated carbocycles. The summed E-state index contributed by atoms with van der Waals surface area (Å²) in [4.78, 5) is 38.3. The lowest BCUT2D eigenvalue weighted by Crippen LogP contribution is -2.40. The van der Waals surface area contributed by atoms with Crippen LogP contribution in [0.25, 0.3) is 0 Å². The fourth-order valence-electron chi connectivity index (χ4n) is 4.89. The summed E-state index contributed by atoms with van der Waals surface area (Å²) < 4.78 is 0. The van der Waals surface area contributed by atoms with Crippen molar-refractivity contribution in [3.8, 4) is 0 Å². The topological polar surface area (TPSA) is 108 Å². The quantitative estimate of drug-likeness (QED) is 0.374. The number of anilines is 2. The largest absolute Gasteiger partial charge is 0.272 e. The van der Waals surface area contributed by atoms with Crippen LogP contribution in [-0.2, 0) is 9.59 Å². The molecule has 180 valence electrons. The van der Waals surface area contributed by atoms with Gasteiger partial charge in [0.1, 0.15) is 0 Å². The van der Waals surface area contributed by atoms with Crippen LogP contribution in [0.5, 0.6) is 0 Å². The van der Waals surface area contributed by atoms with Gasteiger partial charge in [-0.25, -0.2) is 10.0 Å². The molecule has 3 aromatic carbocycles. The third-order valence-electron chi connectivity index (χ3n) is 6.57. The van der Waals surface area contributed by atoms with Gasteiger partial charge in [-0.05, 0) is 43.7 Å². The molecule has 2 heterocycles. The lowest BCUT2D eigenvalue weighted by Gasteiger charge is -2.28. The third-order valence-corrected chi connectivity index (χ3v) is 6.57. The zero-order valence-corrected chi connectivity index (χ0v) is 19.7. The first-order valence-electron chi connectivity index (χ1n) is 11.5. The maximum atomic E-state index is 13.8. The molecule has 36 heavy (non-hydrogen) atoms. The van der Waals surface area contributed by atoms with Gasteiger partial charge in [0.2, 0.25) is 0 Å². The summed E-state index contributed by atoms with van der Waals surface area (Å²) in [5, 5.41) is 23.0. The normalized spacial score (nSPS) is 20.4. The lowest BCUT2D eigenvalue weighted by molar-refractivity contribution is -0.384. The molecule has 5 rings (SSSR count). The zero-order chi connectivity index (χ0) is 25.4. The summed E-state index contributed by atoms with van der Waals surface area (Å²) in [6.07, 6.45) is 0. The van der Waals surface area contributed by atoms with E-state index in [2.05, 4.69) is 10.2 Å². The van der Waals surface area contributed by atoms with Gasteiger partial charge in [-0.3, -0.25) is 19.7 Å². The molecule has 0 radical (unpaired) electrons. The fraction of sp³-hybridized carbons (Fsp3) is 0.185. The molecule has 0 bridgehead atoms. The zero-order valence-electron chi connectivity index (χ0n) is 19.7. The lowest BCUT2D eigenvalue weighted by atomic mass is 9.73. The van der Waals surface area contributed by atoms with Gasteiger partial charge in [-0.2, -0.15) is 10.2 Å². The van der Waals surface area contributed by atoms with Crippen molar-refractivity contribution in [1.82, 2.24) is 0 Å². The summed E-state index contributed by atoms with van der Waals surface area (Å²) in [6.45, 7) is 3.54. The van der Waals surface area contributed by atoms with Crippen LogP contribution < -0.4 is 10.0 Å². The number of nitro groups is 1. The number of carbonyl (C=O) groups is 2. The molecule has 1 unspecified atom stereocenters. The van der Waals surface area contributed by atoms with Crippen molar-refractivity contribution in [3.63, 3.8) is 0 Å². The second-order valence-corrected chi connectivity index (χ2v) is 8.78. The Morgan fingerprint density at radius 1 is 0.722 bits per heavy atom. The standard InChI is InChI=1S/C27H23N5O4/c1-17-23(26(33)30(28-17)20-9-5-3-6-10-20)25(19-13-15-22(16-14-19)32(35)36)24-18(2)29-31(27(24)34)21-11-7-4-8-12-21/h3-16,23-25H,1-2H3/t23-,24+,25?. The first-order chi connectivity index (χ1) is 17.4. The molecule has 0 N–H and O–H groups in total. The molecular formula is C27H23N5O4. The van der Waals surface area contributed by atoms with Gasteiger partial charge in [0, 0.05) is 29.5 Å². The average Bonchev–Trinajstić information content (AvgIpc) is 3.36. The van der Waals surface area contributed by atoms with Crippen molar-refractivity contribution in [3.05, 3.63) is 101 Å². The summed E-state index contributed by atoms with van der Waals surface area (Å²) in [7, 11) is 0. The van der Waals surface area contributed by atoms with Gasteiger partial charge >= 0.3 is 0 Å². The Morgan fingerprint density at radius 2 is 1.14 bits per heavy atom. The summed E-state index contributed by atoms with van der Waals surface area (Å²) in [5.41, 5.74) is 2.94. The molecule has 3 atom stereocenters. The predicted octanol–water partition coefficient (Wildman–Crippen LogP) is 4.76. The minimum Gasteiger partial charge on any atom is -0.272 e. The number of rotatable bonds is 6. The highest BCUT2D eigenvalue weighted by atomic mass is 16.6. The smallest absolute Gasteiger partial charge is 0.269 e. The van der Waals surface area contributed by atoms with Gasteiger partial charge in [0.05, 0.1) is 28.1 Å². The van der Waals surface area contributed by atoms with Gasteiger partial charge < -0.3 is 0 Å². The number of non-ortho nitro benzene ring substituents is 1. The SMILES string of the molecule is CC1=NN(c2ccccc2)C(=O)[C@H]1C(c1ccc([N+](=O)[O-])cc1)[C@H]1C(=O)N(c2ccccc2)N=C1C. The third kappa shape index (κ3) is 3.94. The first kappa shape index (κ1) is 23.1. The molecule has 2 amide bonds. The van der Waals surface area contributed by atoms with Crippen molar-refractivity contribution >= 4 is 40.3 Å². The van der Waals surface area contributed by atoms with Crippen LogP contribution in [0.2, 0.25) is 0 Å². The monoisotopic (exact) mass is 481 g/mol. The number of para-hydroxylation sites is 2. The molecule has 9 heteroatoms. The van der Waals surface area contributed by atoms with Crippen LogP contribution in [0.1, 0.15) is 25.3 Å². The highest BCUT2D eigenvalue weighted by molar-refractivity contribution is 6.19. The van der Waals surface area contributed by atoms with Crippen molar-refractivity contribution < 1.29 is 14.5 Å². The Balaban J connectivity index is 1.58. The summed E-state index contributed by atoms with van der Waals surface area (Å²) in [5.74, 6) is -2.68. The molecule has 0 saturated heterocycles. The van der Waals surface area contributed by atoms with E-state index in [-0.39, 0.29) is 17.5 Å². The van der Waals surface area contributed by atoms with E-state index in [1.807, 2.05) is 36.4 Å². The highest BCUT2D eigenvalue weighted by Gasteiger charge is 2.50. The van der Waals surface area contributed by atoms with E-state index in [0.29, 0.717) is 28.4 Å². The molecule has 0 spiro atoms. The molecule has 2 aliphatic rings. The number of hydrogen-bond acceptors (Lipinski definition) is 6. The number of benzene rings is 3. The van der Waals surface area contributed by atoms with Crippen LogP contribution in [0.15, 0.2) is 95.1 Å². The number of carbonyl (C=O) groups excluding carboxylic acids is 2. The number of nitrogens with zero attached hydrogens (tertiary/aromatic N) is 5. The Labute approximate surface area is 207 Å². The average molecular weight is 482 g/mol. The van der Waals surface area contributed by atoms with E-state index in [4.69, 9.17) is 0 Å². The van der Waals surface area contributed by atoms with Gasteiger partial charge in [-0.15, -0.1) is 0 Å². The van der Waals surface area contributed by atoms with Crippen molar-refractivity contribution in [2.75, 3.05) is 10.0 Å². The molecule has 2 aliphatic heterocycles. The van der Waals surface area contributed by atoms with E-state index in [0.717, 1.165) is 0 Å². The van der Waals surface area contributed by atoms with E-state index < -0.39 is 22.7 Å². The Morgan fingerprint density at radius 3 is 1.53 bits per heavy atom. The maximum Gasteiger partial charge on any atom is 0.269 e. The predicted molar refractivity (Wildman–Crippen MR) is 137 cm³/mol. The van der Waals surface area contributed by atoms with E-state index in [9.17, 15) is 19.7 Å². The van der Waals surface area contributed by atoms with Crippen molar-refractivity contribution in [1.29, 1.82) is 0 Å². The molecular weight excluding hydrogens is 458 g/mol. The minimum atomic E-state index is -0.749. The van der Waals surface area contributed by atoms with Crippen LogP contribution in [0, 0.1) is 22.0 Å². The van der Waals surface area contributed by atoms with Crippen molar-refractivity contribution in [2.45, 2.75) is 19.8 Å². The molecule has 0 aliphatic carbocycles. The summed E-state index contributed by atoms with van der Waals surface area (Å²) >= 11 is 0. The highest BCUT2D eigenvalue weighted by Crippen LogP contribution is 2.42. The summed E-state index contributed by atoms with van der Waals surface area (Å²) in [6, 6.07) is 24.2. The van der Waals surface area contributed by atoms with Gasteiger partial charge in [0.25, 0.3) is 17.5 Å². The number of hydrogen-bond donors (Lipinski definition) is 0. The van der Waals surface area contributed by atoms with E-state index >= 15 is 0 Å². The maximum absolute atomic E-state index is 13.8. The van der Waals surface area contributed by atoms with Crippen LogP contribution in [0.4, 0.5) is 17.1 Å². The molecule has 0 fully saturated rings. The van der Waals surface area contributed by atoms with E-state index in [1.165, 1.54) is 22.2 Å². The number of hydrazone groups is 2. The van der Waals surface area contributed by atoms with Gasteiger partial charge in [0.15, 0.2) is 0 Å². The first-order valence-corrected chi connectivity index (χ1v) is 11.5. The van der Waals surface area contributed by atoms with Crippen LogP contribution in [0.3, 0.4) is 0 Å². The van der Waals surface area contributed by atoms with Crippen molar-refractivity contribution in [2.24, 2.45) is 22.0 Å². The minimum absolute atomic E-state index is 0.0689. The second-order valence-electron chi connectivity index (χ2n) is 8.78. The Kier molecular flexibility index (Phi) is 5.89. The Hall–Kier alpha value is -4.66. The van der Waals surface area contributed by atoms with Crippen LogP contribution in [-0.4, -0.2) is 28.2 Å². The van der Waals surface area contributed by atoms with E-state index in [1.54, 1.807) is 50.2 Å². The molecule has 9 nitrogen and oxygen atoms in total. The Bertz CT molecular complexity index is 1310. The molecule has 3 aromatic rings. The fourth-order valence-corrected chi connectivity index (χ4v) is 4.89. The van der Waals surface area contributed by atoms with Crippen LogP contribution >= 0.6 is 0 Å². The number of amides is 2. The molecule has 0 aromatic heterocycles. The van der Waals surface area contributed by atoms with Gasteiger partial charge in [-0.1, -0.05) is 48.5 Å².